The second kappa shape index (κ2) is 10.5. The van der Waals surface area contributed by atoms with Crippen molar-refractivity contribution in [3.8, 4) is 11.1 Å². The van der Waals surface area contributed by atoms with Gasteiger partial charge in [-0.3, -0.25) is 9.59 Å². The van der Waals surface area contributed by atoms with E-state index in [-0.39, 0.29) is 31.1 Å². The second-order valence-corrected chi connectivity index (χ2v) is 10.3. The summed E-state index contributed by atoms with van der Waals surface area (Å²) < 4.78 is 10.8. The zero-order valence-electron chi connectivity index (χ0n) is 21.0. The van der Waals surface area contributed by atoms with Crippen LogP contribution in [0.2, 0.25) is 0 Å². The van der Waals surface area contributed by atoms with Gasteiger partial charge in [0, 0.05) is 19.6 Å². The van der Waals surface area contributed by atoms with Crippen molar-refractivity contribution in [2.45, 2.75) is 39.2 Å². The first-order chi connectivity index (χ1) is 16.4. The summed E-state index contributed by atoms with van der Waals surface area (Å²) >= 11 is 0. The van der Waals surface area contributed by atoms with Gasteiger partial charge in [-0.25, -0.2) is 4.79 Å². The van der Waals surface area contributed by atoms with Crippen molar-refractivity contribution in [2.24, 2.45) is 5.41 Å². The lowest BCUT2D eigenvalue weighted by Gasteiger charge is -2.36. The predicted molar refractivity (Wildman–Crippen MR) is 132 cm³/mol. The number of ether oxygens (including phenoxy) is 2. The molecule has 0 fully saturated rings. The van der Waals surface area contributed by atoms with E-state index in [1.807, 2.05) is 57.2 Å². The van der Waals surface area contributed by atoms with Crippen LogP contribution in [-0.2, 0) is 19.1 Å². The number of carboxylic acids is 1. The highest BCUT2D eigenvalue weighted by molar-refractivity contribution is 5.91. The molecular formula is C27H34N2O6. The van der Waals surface area contributed by atoms with Gasteiger partial charge in [-0.05, 0) is 34.6 Å². The molecule has 1 aliphatic carbocycles. The highest BCUT2D eigenvalue weighted by Crippen LogP contribution is 2.44. The van der Waals surface area contributed by atoms with E-state index in [1.165, 1.54) is 18.9 Å². The lowest BCUT2D eigenvalue weighted by Crippen LogP contribution is -2.62. The Kier molecular flexibility index (Phi) is 7.85. The lowest BCUT2D eigenvalue weighted by molar-refractivity contribution is -0.149. The summed E-state index contributed by atoms with van der Waals surface area (Å²) in [7, 11) is 1.41. The standard InChI is InChI=1S/C27H34N2O6/c1-26(2,3)16-29(14-23(30)31)24(32)27(4,17-34-5)28-25(33)35-15-22-20-12-8-6-10-18(20)19-11-7-9-13-21(19)22/h6-13,22H,14-17H2,1-5H3,(H,28,33)(H,30,31). The fourth-order valence-corrected chi connectivity index (χ4v) is 4.58. The van der Waals surface area contributed by atoms with Gasteiger partial charge in [0.1, 0.15) is 18.7 Å². The molecule has 0 heterocycles. The molecule has 0 spiro atoms. The minimum Gasteiger partial charge on any atom is -0.480 e. The van der Waals surface area contributed by atoms with E-state index >= 15 is 0 Å². The Balaban J connectivity index is 1.75. The molecule has 1 unspecified atom stereocenters. The molecule has 2 amide bonds. The van der Waals surface area contributed by atoms with Crippen LogP contribution >= 0.6 is 0 Å². The normalized spacial score (nSPS) is 14.4. The van der Waals surface area contributed by atoms with E-state index in [2.05, 4.69) is 17.4 Å². The van der Waals surface area contributed by atoms with E-state index < -0.39 is 30.1 Å². The zero-order valence-corrected chi connectivity index (χ0v) is 21.0. The van der Waals surface area contributed by atoms with Gasteiger partial charge in [-0.2, -0.15) is 0 Å². The molecule has 8 nitrogen and oxygen atoms in total. The Hall–Kier alpha value is -3.39. The molecule has 2 aromatic carbocycles. The molecule has 35 heavy (non-hydrogen) atoms. The van der Waals surface area contributed by atoms with Crippen molar-refractivity contribution >= 4 is 18.0 Å². The maximum Gasteiger partial charge on any atom is 0.408 e. The number of hydrogen-bond donors (Lipinski definition) is 2. The van der Waals surface area contributed by atoms with Crippen molar-refractivity contribution in [3.05, 3.63) is 59.7 Å². The maximum absolute atomic E-state index is 13.4. The van der Waals surface area contributed by atoms with E-state index in [1.54, 1.807) is 0 Å². The van der Waals surface area contributed by atoms with Gasteiger partial charge >= 0.3 is 12.1 Å². The SMILES string of the molecule is COCC(C)(NC(=O)OCC1c2ccccc2-c2ccccc21)C(=O)N(CC(=O)O)CC(C)(C)C. The smallest absolute Gasteiger partial charge is 0.408 e. The summed E-state index contributed by atoms with van der Waals surface area (Å²) in [5, 5.41) is 12.0. The zero-order chi connectivity index (χ0) is 25.8. The van der Waals surface area contributed by atoms with Gasteiger partial charge in [0.05, 0.1) is 6.61 Å². The number of carbonyl (C=O) groups excluding carboxylic acids is 2. The average molecular weight is 483 g/mol. The fraction of sp³-hybridized carbons (Fsp3) is 0.444. The molecular weight excluding hydrogens is 448 g/mol. The first-order valence-corrected chi connectivity index (χ1v) is 11.6. The number of benzene rings is 2. The largest absolute Gasteiger partial charge is 0.480 e. The molecule has 0 bridgehead atoms. The fourth-order valence-electron chi connectivity index (χ4n) is 4.58. The van der Waals surface area contributed by atoms with Gasteiger partial charge in [0.25, 0.3) is 5.91 Å². The van der Waals surface area contributed by atoms with Crippen LogP contribution in [0.5, 0.6) is 0 Å². The highest BCUT2D eigenvalue weighted by atomic mass is 16.5. The first kappa shape index (κ1) is 26.2. The van der Waals surface area contributed by atoms with Gasteiger partial charge in [0.15, 0.2) is 0 Å². The Labute approximate surface area is 206 Å². The van der Waals surface area contributed by atoms with Crippen molar-refractivity contribution < 1.29 is 29.0 Å². The topological polar surface area (TPSA) is 105 Å². The molecule has 2 aromatic rings. The third-order valence-corrected chi connectivity index (χ3v) is 5.91. The minimum atomic E-state index is -1.50. The summed E-state index contributed by atoms with van der Waals surface area (Å²) in [4.78, 5) is 38.9. The van der Waals surface area contributed by atoms with Crippen molar-refractivity contribution in [1.29, 1.82) is 0 Å². The predicted octanol–water partition coefficient (Wildman–Crippen LogP) is 3.89. The Morgan fingerprint density at radius 3 is 2.00 bits per heavy atom. The molecule has 1 aliphatic rings. The number of carbonyl (C=O) groups is 3. The van der Waals surface area contributed by atoms with E-state index in [0.717, 1.165) is 22.3 Å². The number of hydrogen-bond acceptors (Lipinski definition) is 5. The van der Waals surface area contributed by atoms with Crippen LogP contribution in [-0.4, -0.2) is 66.9 Å². The van der Waals surface area contributed by atoms with Crippen molar-refractivity contribution in [3.63, 3.8) is 0 Å². The van der Waals surface area contributed by atoms with Crippen molar-refractivity contribution in [1.82, 2.24) is 10.2 Å². The van der Waals surface area contributed by atoms with Crippen LogP contribution in [0.25, 0.3) is 11.1 Å². The maximum atomic E-state index is 13.4. The molecule has 0 saturated heterocycles. The van der Waals surface area contributed by atoms with Gasteiger partial charge in [-0.1, -0.05) is 69.3 Å². The summed E-state index contributed by atoms with van der Waals surface area (Å²) in [5.41, 5.74) is 2.54. The van der Waals surface area contributed by atoms with E-state index in [0.29, 0.717) is 0 Å². The molecule has 0 aliphatic heterocycles. The number of nitrogens with zero attached hydrogens (tertiary/aromatic N) is 1. The molecule has 0 saturated carbocycles. The molecule has 1 atom stereocenters. The number of aliphatic carboxylic acids is 1. The van der Waals surface area contributed by atoms with Crippen LogP contribution in [0.4, 0.5) is 4.79 Å². The van der Waals surface area contributed by atoms with Crippen molar-refractivity contribution in [2.75, 3.05) is 33.4 Å². The average Bonchev–Trinajstić information content (AvgIpc) is 3.09. The highest BCUT2D eigenvalue weighted by Gasteiger charge is 2.41. The Morgan fingerprint density at radius 1 is 0.971 bits per heavy atom. The lowest BCUT2D eigenvalue weighted by atomic mass is 9.94. The van der Waals surface area contributed by atoms with Gasteiger partial charge in [-0.15, -0.1) is 0 Å². The van der Waals surface area contributed by atoms with E-state index in [4.69, 9.17) is 9.47 Å². The third-order valence-electron chi connectivity index (χ3n) is 5.91. The van der Waals surface area contributed by atoms with E-state index in [9.17, 15) is 19.5 Å². The number of alkyl carbamates (subject to hydrolysis) is 1. The molecule has 0 aromatic heterocycles. The minimum absolute atomic E-state index is 0.0952. The number of nitrogens with one attached hydrogen (secondary N) is 1. The molecule has 188 valence electrons. The van der Waals surface area contributed by atoms with Gasteiger partial charge in [0.2, 0.25) is 0 Å². The molecule has 3 rings (SSSR count). The number of amides is 2. The molecule has 0 radical (unpaired) electrons. The van der Waals surface area contributed by atoms with Crippen LogP contribution in [0.3, 0.4) is 0 Å². The summed E-state index contributed by atoms with van der Waals surface area (Å²) in [6.45, 7) is 6.89. The van der Waals surface area contributed by atoms with Gasteiger partial charge < -0.3 is 24.8 Å². The number of carboxylic acid groups (broad SMARTS) is 1. The summed E-state index contributed by atoms with van der Waals surface area (Å²) in [5.74, 6) is -1.81. The monoisotopic (exact) mass is 482 g/mol. The number of fused-ring (bicyclic) bond motifs is 3. The molecule has 2 N–H and O–H groups in total. The number of methoxy groups -OCH3 is 1. The Morgan fingerprint density at radius 2 is 1.51 bits per heavy atom. The Bertz CT molecular complexity index is 1050. The number of rotatable bonds is 9. The first-order valence-electron chi connectivity index (χ1n) is 11.6. The molecule has 8 heteroatoms. The summed E-state index contributed by atoms with van der Waals surface area (Å²) in [6.07, 6.45) is -0.772. The van der Waals surface area contributed by atoms with Crippen LogP contribution in [0.15, 0.2) is 48.5 Å². The second-order valence-electron chi connectivity index (χ2n) is 10.3. The van der Waals surface area contributed by atoms with Crippen LogP contribution in [0.1, 0.15) is 44.7 Å². The van der Waals surface area contributed by atoms with Crippen LogP contribution < -0.4 is 5.32 Å². The van der Waals surface area contributed by atoms with Crippen LogP contribution in [0, 0.1) is 5.41 Å². The summed E-state index contributed by atoms with van der Waals surface area (Å²) in [6, 6.07) is 16.0. The quantitative estimate of drug-likeness (QED) is 0.562. The third kappa shape index (κ3) is 6.19.